The van der Waals surface area contributed by atoms with E-state index in [2.05, 4.69) is 44.2 Å². The number of hydrogen-bond donors (Lipinski definition) is 2. The number of ether oxygens (including phenoxy) is 2. The third-order valence-corrected chi connectivity index (χ3v) is 10.8. The van der Waals surface area contributed by atoms with Gasteiger partial charge in [0.2, 0.25) is 0 Å². The summed E-state index contributed by atoms with van der Waals surface area (Å²) in [5.74, 6) is -0.914. The van der Waals surface area contributed by atoms with E-state index in [4.69, 9.17) is 18.5 Å². The Balaban J connectivity index is 4.46. The van der Waals surface area contributed by atoms with Crippen LogP contribution in [0.5, 0.6) is 0 Å². The number of allylic oxidation sites excluding steroid dienone is 10. The number of rotatable bonds is 42. The van der Waals surface area contributed by atoms with E-state index in [0.717, 1.165) is 44.9 Å². The van der Waals surface area contributed by atoms with Gasteiger partial charge >= 0.3 is 19.8 Å². The average Bonchev–Trinajstić information content (AvgIpc) is 3.21. The van der Waals surface area contributed by atoms with Crippen molar-refractivity contribution in [2.75, 3.05) is 47.5 Å². The fraction of sp³-hybridized carbons (Fsp3) is 0.720. The number of unbranched alkanes of at least 4 members (excludes halogenated alkanes) is 16. The molecule has 0 amide bonds. The molecule has 2 N–H and O–H groups in total. The summed E-state index contributed by atoms with van der Waals surface area (Å²) in [6.45, 7) is 4.20. The minimum Gasteiger partial charge on any atom is -0.462 e. The summed E-state index contributed by atoms with van der Waals surface area (Å²) >= 11 is 0. The maximum absolute atomic E-state index is 12.7. The van der Waals surface area contributed by atoms with Crippen molar-refractivity contribution < 1.29 is 47.2 Å². The number of hydrogen-bond acceptors (Lipinski definition) is 8. The zero-order valence-electron chi connectivity index (χ0n) is 39.2. The van der Waals surface area contributed by atoms with Gasteiger partial charge in [-0.05, 0) is 77.0 Å². The molecule has 0 heterocycles. The number of phosphoric acid groups is 1. The standard InChI is InChI=1S/C50H88NO9P/c1-6-8-10-12-14-15-16-17-18-19-20-21-22-23-24-25-29-33-37-41-49(53)57-45-48(46-59-61(55,56)58-44-43-51(3,4)5)60-50(54)42-38-34-30-26-28-32-36-40-47(52)39-35-31-27-13-11-9-7-2/h14-15,17-18,26-27,30-32,35-36,39,47-48,52H,6-13,16,19-25,28-29,33-34,37-38,40-46H2,1-5H3/p+1/b15-14-,18-17-,30-26+,31-27-,36-32-,39-35-/t47-,48+/m0/s1. The minimum atomic E-state index is -4.41. The Hall–Kier alpha value is -2.59. The third kappa shape index (κ3) is 45.3. The topological polar surface area (TPSA) is 129 Å². The Bertz CT molecular complexity index is 1280. The van der Waals surface area contributed by atoms with E-state index in [9.17, 15) is 24.2 Å². The molecule has 61 heavy (non-hydrogen) atoms. The molecule has 0 aromatic rings. The fourth-order valence-electron chi connectivity index (χ4n) is 6.00. The molecule has 0 aromatic heterocycles. The van der Waals surface area contributed by atoms with Crippen LogP contribution < -0.4 is 0 Å². The lowest BCUT2D eigenvalue weighted by Crippen LogP contribution is -2.37. The van der Waals surface area contributed by atoms with Crippen LogP contribution in [-0.2, 0) is 32.7 Å². The summed E-state index contributed by atoms with van der Waals surface area (Å²) in [4.78, 5) is 35.4. The molecule has 0 aliphatic rings. The van der Waals surface area contributed by atoms with Gasteiger partial charge in [0.15, 0.2) is 6.10 Å². The Morgan fingerprint density at radius 2 is 1.10 bits per heavy atom. The van der Waals surface area contributed by atoms with Gasteiger partial charge in [0, 0.05) is 12.8 Å². The lowest BCUT2D eigenvalue weighted by atomic mass is 10.1. The van der Waals surface area contributed by atoms with Gasteiger partial charge in [-0.1, -0.05) is 157 Å². The van der Waals surface area contributed by atoms with Gasteiger partial charge in [0.05, 0.1) is 33.9 Å². The van der Waals surface area contributed by atoms with Crippen LogP contribution in [0.25, 0.3) is 0 Å². The number of esters is 2. The van der Waals surface area contributed by atoms with Crippen LogP contribution in [0.4, 0.5) is 0 Å². The lowest BCUT2D eigenvalue weighted by Gasteiger charge is -2.24. The SMILES string of the molecule is CCCCC/C=C\C=C/[C@H](O)C/C=C\C/C=C/CCCC(=O)O[C@H](COC(=O)CCCCCCCCCCC/C=C\C/C=C\CCCCC)COP(=O)(O)OCC[N+](C)(C)C. The van der Waals surface area contributed by atoms with Crippen LogP contribution in [0.15, 0.2) is 72.9 Å². The fourth-order valence-corrected chi connectivity index (χ4v) is 6.74. The molecule has 0 aliphatic carbocycles. The highest BCUT2D eigenvalue weighted by molar-refractivity contribution is 7.47. The second-order valence-corrected chi connectivity index (χ2v) is 18.4. The van der Waals surface area contributed by atoms with Gasteiger partial charge < -0.3 is 24.0 Å². The zero-order valence-corrected chi connectivity index (χ0v) is 40.1. The van der Waals surface area contributed by atoms with Crippen LogP contribution in [-0.4, -0.2) is 86.1 Å². The molecule has 0 bridgehead atoms. The molecule has 0 aromatic carbocycles. The zero-order chi connectivity index (χ0) is 45.1. The summed E-state index contributed by atoms with van der Waals surface area (Å²) in [7, 11) is 1.39. The predicted octanol–water partition coefficient (Wildman–Crippen LogP) is 12.8. The summed E-state index contributed by atoms with van der Waals surface area (Å²) in [6, 6.07) is 0. The van der Waals surface area contributed by atoms with Gasteiger partial charge in [-0.25, -0.2) is 4.57 Å². The number of aliphatic hydroxyl groups excluding tert-OH is 1. The highest BCUT2D eigenvalue weighted by atomic mass is 31.2. The first kappa shape index (κ1) is 58.4. The smallest absolute Gasteiger partial charge is 0.462 e. The van der Waals surface area contributed by atoms with Crippen LogP contribution in [0, 0.1) is 0 Å². The molecule has 0 radical (unpaired) electrons. The summed E-state index contributed by atoms with van der Waals surface area (Å²) in [6.07, 6.45) is 48.3. The number of phosphoric ester groups is 1. The number of aliphatic hydroxyl groups is 1. The van der Waals surface area contributed by atoms with Crippen molar-refractivity contribution in [1.29, 1.82) is 0 Å². The molecule has 0 saturated carbocycles. The van der Waals surface area contributed by atoms with Crippen molar-refractivity contribution in [3.63, 3.8) is 0 Å². The van der Waals surface area contributed by atoms with E-state index in [1.54, 1.807) is 6.08 Å². The van der Waals surface area contributed by atoms with Crippen molar-refractivity contribution in [1.82, 2.24) is 0 Å². The van der Waals surface area contributed by atoms with E-state index in [1.165, 1.54) is 77.0 Å². The lowest BCUT2D eigenvalue weighted by molar-refractivity contribution is -0.870. The third-order valence-electron chi connectivity index (χ3n) is 9.79. The largest absolute Gasteiger partial charge is 0.472 e. The first-order chi connectivity index (χ1) is 29.4. The molecule has 10 nitrogen and oxygen atoms in total. The highest BCUT2D eigenvalue weighted by Crippen LogP contribution is 2.43. The van der Waals surface area contributed by atoms with Crippen LogP contribution in [0.1, 0.15) is 174 Å². The Morgan fingerprint density at radius 3 is 1.69 bits per heavy atom. The monoisotopic (exact) mass is 879 g/mol. The second-order valence-electron chi connectivity index (χ2n) is 17.0. The van der Waals surface area contributed by atoms with E-state index in [-0.39, 0.29) is 26.1 Å². The molecule has 0 spiro atoms. The van der Waals surface area contributed by atoms with E-state index < -0.39 is 38.6 Å². The van der Waals surface area contributed by atoms with Crippen molar-refractivity contribution in [3.8, 4) is 0 Å². The maximum Gasteiger partial charge on any atom is 0.472 e. The Labute approximate surface area is 372 Å². The van der Waals surface area contributed by atoms with Crippen molar-refractivity contribution in [3.05, 3.63) is 72.9 Å². The van der Waals surface area contributed by atoms with Gasteiger partial charge in [0.25, 0.3) is 0 Å². The quantitative estimate of drug-likeness (QED) is 0.0154. The van der Waals surface area contributed by atoms with Gasteiger partial charge in [0.1, 0.15) is 19.8 Å². The number of nitrogens with zero attached hydrogens (tertiary/aromatic N) is 1. The van der Waals surface area contributed by atoms with Gasteiger partial charge in [-0.3, -0.25) is 18.6 Å². The second kappa shape index (κ2) is 41.4. The average molecular weight is 879 g/mol. The normalized spacial score (nSPS) is 14.7. The minimum absolute atomic E-state index is 0.00598. The molecular formula is C50H89NO9P+. The van der Waals surface area contributed by atoms with Crippen molar-refractivity contribution in [2.45, 2.75) is 187 Å². The molecule has 11 heteroatoms. The van der Waals surface area contributed by atoms with Crippen LogP contribution in [0.2, 0.25) is 0 Å². The van der Waals surface area contributed by atoms with Gasteiger partial charge in [-0.15, -0.1) is 0 Å². The summed E-state index contributed by atoms with van der Waals surface area (Å²) in [5.41, 5.74) is 0. The first-order valence-corrected chi connectivity index (χ1v) is 25.3. The molecule has 0 aliphatic heterocycles. The molecule has 352 valence electrons. The number of quaternary nitrogens is 1. The van der Waals surface area contributed by atoms with Gasteiger partial charge in [-0.2, -0.15) is 0 Å². The van der Waals surface area contributed by atoms with E-state index in [0.29, 0.717) is 36.7 Å². The summed E-state index contributed by atoms with van der Waals surface area (Å²) in [5, 5.41) is 10.1. The predicted molar refractivity (Wildman–Crippen MR) is 253 cm³/mol. The molecule has 0 fully saturated rings. The number of carbonyl (C=O) groups excluding carboxylic acids is 2. The molecular weight excluding hydrogens is 790 g/mol. The molecule has 1 unspecified atom stereocenters. The Morgan fingerprint density at radius 1 is 0.590 bits per heavy atom. The van der Waals surface area contributed by atoms with E-state index >= 15 is 0 Å². The Kier molecular flexibility index (Phi) is 39.7. The maximum atomic E-state index is 12.7. The van der Waals surface area contributed by atoms with Crippen LogP contribution >= 0.6 is 7.82 Å². The molecule has 0 rings (SSSR count). The molecule has 3 atom stereocenters. The summed E-state index contributed by atoms with van der Waals surface area (Å²) < 4.78 is 34.3. The first-order valence-electron chi connectivity index (χ1n) is 23.8. The van der Waals surface area contributed by atoms with E-state index in [1.807, 2.05) is 57.6 Å². The highest BCUT2D eigenvalue weighted by Gasteiger charge is 2.27. The number of carbonyl (C=O) groups is 2. The van der Waals surface area contributed by atoms with Crippen LogP contribution in [0.3, 0.4) is 0 Å². The van der Waals surface area contributed by atoms with Crippen molar-refractivity contribution in [2.24, 2.45) is 0 Å². The molecule has 0 saturated heterocycles. The number of likely N-dealkylation sites (N-methyl/N-ethyl adjacent to an activating group) is 1. The van der Waals surface area contributed by atoms with Crippen molar-refractivity contribution >= 4 is 19.8 Å².